The van der Waals surface area contributed by atoms with Crippen LogP contribution in [0, 0.1) is 5.92 Å². The third-order valence-electron chi connectivity index (χ3n) is 3.69. The van der Waals surface area contributed by atoms with Crippen molar-refractivity contribution in [3.63, 3.8) is 0 Å². The molecule has 0 amide bonds. The van der Waals surface area contributed by atoms with Gasteiger partial charge >= 0.3 is 11.9 Å². The van der Waals surface area contributed by atoms with Gasteiger partial charge in [-0.05, 0) is 18.4 Å². The Bertz CT molecular complexity index is 534. The van der Waals surface area contributed by atoms with Gasteiger partial charge in [0.1, 0.15) is 6.10 Å². The van der Waals surface area contributed by atoms with Crippen molar-refractivity contribution in [1.29, 1.82) is 0 Å². The number of carbonyl (C=O) groups is 2. The molecule has 4 heteroatoms. The molecule has 2 heterocycles. The van der Waals surface area contributed by atoms with E-state index in [1.165, 1.54) is 5.56 Å². The number of esters is 2. The van der Waals surface area contributed by atoms with Crippen molar-refractivity contribution in [3.05, 3.63) is 48.0 Å². The molecule has 0 saturated carbocycles. The Kier molecular flexibility index (Phi) is 2.85. The molecule has 2 fully saturated rings. The molecule has 0 bridgehead atoms. The number of hydrogen-bond donors (Lipinski definition) is 0. The van der Waals surface area contributed by atoms with Gasteiger partial charge in [-0.15, -0.1) is 0 Å². The zero-order chi connectivity index (χ0) is 13.4. The van der Waals surface area contributed by atoms with Crippen molar-refractivity contribution in [2.75, 3.05) is 0 Å². The highest BCUT2D eigenvalue weighted by Gasteiger charge is 2.54. The van der Waals surface area contributed by atoms with Gasteiger partial charge < -0.3 is 9.47 Å². The van der Waals surface area contributed by atoms with Crippen molar-refractivity contribution in [2.45, 2.75) is 25.0 Å². The van der Waals surface area contributed by atoms with E-state index in [0.717, 1.165) is 6.42 Å². The first-order valence-corrected chi connectivity index (χ1v) is 6.31. The lowest BCUT2D eigenvalue weighted by molar-refractivity contribution is -0.156. The van der Waals surface area contributed by atoms with E-state index in [1.54, 1.807) is 0 Å². The smallest absolute Gasteiger partial charge is 0.348 e. The topological polar surface area (TPSA) is 52.6 Å². The molecule has 1 aromatic rings. The van der Waals surface area contributed by atoms with Gasteiger partial charge in [0.15, 0.2) is 0 Å². The molecule has 2 aliphatic heterocycles. The first-order valence-electron chi connectivity index (χ1n) is 6.31. The largest absolute Gasteiger partial charge is 0.459 e. The maximum Gasteiger partial charge on any atom is 0.348 e. The Labute approximate surface area is 111 Å². The summed E-state index contributed by atoms with van der Waals surface area (Å²) in [6, 6.07) is 9.96. The first kappa shape index (κ1) is 12.0. The minimum absolute atomic E-state index is 0.309. The summed E-state index contributed by atoms with van der Waals surface area (Å²) in [5.74, 6) is -1.24. The van der Waals surface area contributed by atoms with E-state index < -0.39 is 18.0 Å². The fraction of sp³-hybridized carbons (Fsp3) is 0.333. The SMILES string of the molecule is C=C1C(=O)O[C@@H]2C(=O)O[C@@H](CCc3ccccc3)[C@H]12. The summed E-state index contributed by atoms with van der Waals surface area (Å²) in [5.41, 5.74) is 1.53. The highest BCUT2D eigenvalue weighted by Crippen LogP contribution is 2.38. The number of aryl methyl sites for hydroxylation is 1. The van der Waals surface area contributed by atoms with Crippen molar-refractivity contribution < 1.29 is 19.1 Å². The summed E-state index contributed by atoms with van der Waals surface area (Å²) < 4.78 is 10.3. The van der Waals surface area contributed by atoms with E-state index in [-0.39, 0.29) is 12.0 Å². The molecular weight excluding hydrogens is 244 g/mol. The Morgan fingerprint density at radius 1 is 1.11 bits per heavy atom. The monoisotopic (exact) mass is 258 g/mol. The van der Waals surface area contributed by atoms with E-state index in [4.69, 9.17) is 9.47 Å². The second-order valence-corrected chi connectivity index (χ2v) is 4.88. The summed E-state index contributed by atoms with van der Waals surface area (Å²) in [7, 11) is 0. The fourth-order valence-corrected chi connectivity index (χ4v) is 2.68. The number of carbonyl (C=O) groups excluding carboxylic acids is 2. The Morgan fingerprint density at radius 3 is 2.58 bits per heavy atom. The molecular formula is C15H14O4. The van der Waals surface area contributed by atoms with Gasteiger partial charge in [0.2, 0.25) is 6.10 Å². The lowest BCUT2D eigenvalue weighted by atomic mass is 9.90. The molecule has 2 aliphatic rings. The molecule has 2 saturated heterocycles. The van der Waals surface area contributed by atoms with Crippen molar-refractivity contribution in [1.82, 2.24) is 0 Å². The van der Waals surface area contributed by atoms with Crippen LogP contribution in [0.25, 0.3) is 0 Å². The van der Waals surface area contributed by atoms with E-state index in [2.05, 4.69) is 6.58 Å². The average Bonchev–Trinajstić information content (AvgIpc) is 2.88. The lowest BCUT2D eigenvalue weighted by Gasteiger charge is -2.14. The Balaban J connectivity index is 1.70. The maximum absolute atomic E-state index is 11.6. The van der Waals surface area contributed by atoms with Crippen LogP contribution in [0.4, 0.5) is 0 Å². The van der Waals surface area contributed by atoms with Crippen LogP contribution in [0.3, 0.4) is 0 Å². The molecule has 98 valence electrons. The summed E-state index contributed by atoms with van der Waals surface area (Å²) in [4.78, 5) is 23.1. The molecule has 0 unspecified atom stereocenters. The van der Waals surface area contributed by atoms with Gasteiger partial charge in [-0.25, -0.2) is 9.59 Å². The number of cyclic esters (lactones) is 1. The predicted molar refractivity (Wildman–Crippen MR) is 67.2 cm³/mol. The quantitative estimate of drug-likeness (QED) is 0.611. The van der Waals surface area contributed by atoms with Crippen LogP contribution in [0.5, 0.6) is 0 Å². The van der Waals surface area contributed by atoms with E-state index in [1.807, 2.05) is 30.3 Å². The Hall–Kier alpha value is -2.10. The van der Waals surface area contributed by atoms with Crippen LogP contribution in [0.15, 0.2) is 42.5 Å². The number of ether oxygens (including phenoxy) is 2. The first-order chi connectivity index (χ1) is 9.16. The zero-order valence-electron chi connectivity index (χ0n) is 10.4. The normalized spacial score (nSPS) is 29.1. The van der Waals surface area contributed by atoms with E-state index in [0.29, 0.717) is 12.0 Å². The summed E-state index contributed by atoms with van der Waals surface area (Å²) in [6.07, 6.45) is 0.383. The molecule has 0 aliphatic carbocycles. The summed E-state index contributed by atoms with van der Waals surface area (Å²) >= 11 is 0. The molecule has 0 radical (unpaired) electrons. The summed E-state index contributed by atoms with van der Waals surface area (Å²) in [5, 5.41) is 0. The van der Waals surface area contributed by atoms with Gasteiger partial charge in [0.25, 0.3) is 0 Å². The highest BCUT2D eigenvalue weighted by molar-refractivity contribution is 5.97. The molecule has 3 atom stereocenters. The predicted octanol–water partition coefficient (Wildman–Crippen LogP) is 1.64. The van der Waals surface area contributed by atoms with E-state index in [9.17, 15) is 9.59 Å². The van der Waals surface area contributed by atoms with Crippen molar-refractivity contribution in [3.8, 4) is 0 Å². The van der Waals surface area contributed by atoms with Gasteiger partial charge in [-0.2, -0.15) is 0 Å². The third-order valence-corrected chi connectivity index (χ3v) is 3.69. The van der Waals surface area contributed by atoms with Gasteiger partial charge in [0.05, 0.1) is 5.92 Å². The van der Waals surface area contributed by atoms with Crippen LogP contribution in [-0.4, -0.2) is 24.1 Å². The third kappa shape index (κ3) is 2.03. The maximum atomic E-state index is 11.6. The summed E-state index contributed by atoms with van der Waals surface area (Å²) in [6.45, 7) is 3.71. The van der Waals surface area contributed by atoms with Gasteiger partial charge in [-0.1, -0.05) is 36.9 Å². The minimum Gasteiger partial charge on any atom is -0.459 e. The zero-order valence-corrected chi connectivity index (χ0v) is 10.4. The van der Waals surface area contributed by atoms with E-state index >= 15 is 0 Å². The van der Waals surface area contributed by atoms with Crippen LogP contribution in [0.2, 0.25) is 0 Å². The lowest BCUT2D eigenvalue weighted by Crippen LogP contribution is -2.22. The second kappa shape index (κ2) is 4.53. The fourth-order valence-electron chi connectivity index (χ4n) is 2.68. The molecule has 19 heavy (non-hydrogen) atoms. The number of benzene rings is 1. The van der Waals surface area contributed by atoms with Crippen molar-refractivity contribution in [2.24, 2.45) is 5.92 Å². The molecule has 4 nitrogen and oxygen atoms in total. The highest BCUT2D eigenvalue weighted by atomic mass is 16.6. The molecule has 0 spiro atoms. The molecule has 3 rings (SSSR count). The molecule has 1 aromatic carbocycles. The average molecular weight is 258 g/mol. The molecule has 0 aromatic heterocycles. The number of fused-ring (bicyclic) bond motifs is 1. The van der Waals surface area contributed by atoms with Crippen LogP contribution in [0.1, 0.15) is 12.0 Å². The molecule has 0 N–H and O–H groups in total. The second-order valence-electron chi connectivity index (χ2n) is 4.88. The van der Waals surface area contributed by atoms with Crippen LogP contribution in [-0.2, 0) is 25.5 Å². The van der Waals surface area contributed by atoms with Crippen molar-refractivity contribution >= 4 is 11.9 Å². The number of hydrogen-bond acceptors (Lipinski definition) is 4. The van der Waals surface area contributed by atoms with Crippen LogP contribution >= 0.6 is 0 Å². The standard InChI is InChI=1S/C15H14O4/c1-9-12-11(8-7-10-5-3-2-4-6-10)18-15(17)13(12)19-14(9)16/h2-6,11-13H,1,7-8H2/t11-,12-,13-/m0/s1. The van der Waals surface area contributed by atoms with Crippen LogP contribution < -0.4 is 0 Å². The Morgan fingerprint density at radius 2 is 1.84 bits per heavy atom. The van der Waals surface area contributed by atoms with Gasteiger partial charge in [0, 0.05) is 5.57 Å². The number of rotatable bonds is 3. The van der Waals surface area contributed by atoms with Gasteiger partial charge in [-0.3, -0.25) is 0 Å². The minimum atomic E-state index is -0.777.